The highest BCUT2D eigenvalue weighted by molar-refractivity contribution is 7.98. The zero-order valence-electron chi connectivity index (χ0n) is 23.8. The first-order chi connectivity index (χ1) is 19.8. The quantitative estimate of drug-likeness (QED) is 0.198. The van der Waals surface area contributed by atoms with Crippen LogP contribution in [0, 0.1) is 12.7 Å². The summed E-state index contributed by atoms with van der Waals surface area (Å²) in [7, 11) is 0. The van der Waals surface area contributed by atoms with Crippen LogP contribution in [0.5, 0.6) is 5.75 Å². The fraction of sp³-hybridized carbons (Fsp3) is 0.189. The Bertz CT molecular complexity index is 1820. The number of ether oxygens (including phenoxy) is 1. The van der Waals surface area contributed by atoms with Crippen LogP contribution in [-0.2, 0) is 11.0 Å². The van der Waals surface area contributed by atoms with Crippen LogP contribution in [0.2, 0.25) is 0 Å². The molecule has 5 aromatic rings. The van der Waals surface area contributed by atoms with Crippen LogP contribution in [0.25, 0.3) is 28.0 Å². The van der Waals surface area contributed by atoms with Crippen molar-refractivity contribution in [3.63, 3.8) is 0 Å². The molecule has 1 heterocycles. The van der Waals surface area contributed by atoms with Crippen LogP contribution < -0.4 is 4.74 Å². The minimum atomic E-state index is -0.861. The molecule has 0 amide bonds. The molecule has 0 fully saturated rings. The zero-order valence-corrected chi connectivity index (χ0v) is 25.5. The van der Waals surface area contributed by atoms with Crippen LogP contribution in [0.3, 0.4) is 0 Å². The number of fused-ring (bicyclic) bond motifs is 8. The molecular weight excluding hydrogens is 544 g/mol. The average Bonchev–Trinajstić information content (AvgIpc) is 3.23. The summed E-state index contributed by atoms with van der Waals surface area (Å²) in [6.07, 6.45) is 8.60. The molecular formula is C37H31FOS2. The summed E-state index contributed by atoms with van der Waals surface area (Å²) >= 11 is 3.44. The van der Waals surface area contributed by atoms with Gasteiger partial charge in [0.25, 0.3) is 0 Å². The molecule has 1 nitrogen and oxygen atoms in total. The van der Waals surface area contributed by atoms with Crippen LogP contribution in [0.4, 0.5) is 4.39 Å². The first-order valence-electron chi connectivity index (χ1n) is 13.9. The Morgan fingerprint density at radius 2 is 1.37 bits per heavy atom. The van der Waals surface area contributed by atoms with Crippen molar-refractivity contribution in [2.24, 2.45) is 0 Å². The van der Waals surface area contributed by atoms with E-state index in [0.717, 1.165) is 33.2 Å². The molecule has 1 aliphatic carbocycles. The maximum atomic E-state index is 15.0. The molecule has 204 valence electrons. The Hall–Kier alpha value is -3.47. The van der Waals surface area contributed by atoms with Crippen molar-refractivity contribution < 1.29 is 9.13 Å². The normalized spacial score (nSPS) is 15.8. The zero-order chi connectivity index (χ0) is 28.5. The first-order valence-corrected chi connectivity index (χ1v) is 16.3. The number of hydrogen-bond donors (Lipinski definition) is 0. The summed E-state index contributed by atoms with van der Waals surface area (Å²) in [5, 5.41) is 1.83. The molecule has 0 saturated carbocycles. The second kappa shape index (κ2) is 9.54. The minimum Gasteiger partial charge on any atom is -0.472 e. The Balaban J connectivity index is 1.54. The van der Waals surface area contributed by atoms with Gasteiger partial charge in [0.2, 0.25) is 0 Å². The molecule has 0 N–H and O–H groups in total. The average molecular weight is 575 g/mol. The van der Waals surface area contributed by atoms with Gasteiger partial charge in [0, 0.05) is 37.3 Å². The lowest BCUT2D eigenvalue weighted by molar-refractivity contribution is 0.163. The van der Waals surface area contributed by atoms with E-state index >= 15 is 0 Å². The highest BCUT2D eigenvalue weighted by Gasteiger charge is 2.44. The van der Waals surface area contributed by atoms with Gasteiger partial charge >= 0.3 is 0 Å². The molecule has 5 aromatic carbocycles. The fourth-order valence-corrected chi connectivity index (χ4v) is 7.54. The van der Waals surface area contributed by atoms with E-state index in [1.807, 2.05) is 6.07 Å². The molecule has 7 rings (SSSR count). The van der Waals surface area contributed by atoms with Crippen molar-refractivity contribution in [1.82, 2.24) is 0 Å². The second-order valence-corrected chi connectivity index (χ2v) is 13.2. The van der Waals surface area contributed by atoms with Crippen molar-refractivity contribution in [2.75, 3.05) is 12.5 Å². The summed E-state index contributed by atoms with van der Waals surface area (Å²) in [4.78, 5) is 2.39. The van der Waals surface area contributed by atoms with Crippen molar-refractivity contribution in [3.8, 4) is 16.9 Å². The largest absolute Gasteiger partial charge is 0.472 e. The van der Waals surface area contributed by atoms with Crippen LogP contribution in [0.15, 0.2) is 101 Å². The molecule has 0 bridgehead atoms. The highest BCUT2D eigenvalue weighted by Crippen LogP contribution is 2.58. The molecule has 1 aliphatic heterocycles. The number of benzene rings is 5. The van der Waals surface area contributed by atoms with Crippen molar-refractivity contribution >= 4 is 40.4 Å². The predicted octanol–water partition coefficient (Wildman–Crippen LogP) is 10.4. The van der Waals surface area contributed by atoms with E-state index < -0.39 is 5.60 Å². The molecule has 41 heavy (non-hydrogen) atoms. The minimum absolute atomic E-state index is 0.239. The van der Waals surface area contributed by atoms with Crippen molar-refractivity contribution in [3.05, 3.63) is 130 Å². The maximum Gasteiger partial charge on any atom is 0.178 e. The van der Waals surface area contributed by atoms with Gasteiger partial charge in [-0.05, 0) is 89.5 Å². The number of thioether (sulfide) groups is 2. The van der Waals surface area contributed by atoms with Crippen LogP contribution in [-0.4, -0.2) is 12.5 Å². The van der Waals surface area contributed by atoms with Gasteiger partial charge in [0.05, 0.1) is 0 Å². The first kappa shape index (κ1) is 26.4. The number of aryl methyl sites for hydroxylation is 1. The smallest absolute Gasteiger partial charge is 0.178 e. The van der Waals surface area contributed by atoms with E-state index in [2.05, 4.69) is 112 Å². The summed E-state index contributed by atoms with van der Waals surface area (Å²) in [6.45, 7) is 6.74. The van der Waals surface area contributed by atoms with Crippen molar-refractivity contribution in [1.29, 1.82) is 0 Å². The van der Waals surface area contributed by atoms with Gasteiger partial charge in [0.1, 0.15) is 11.6 Å². The highest BCUT2D eigenvalue weighted by atomic mass is 32.2. The van der Waals surface area contributed by atoms with E-state index in [1.165, 1.54) is 37.6 Å². The third kappa shape index (κ3) is 3.91. The van der Waals surface area contributed by atoms with E-state index in [1.54, 1.807) is 35.7 Å². The van der Waals surface area contributed by atoms with E-state index in [9.17, 15) is 4.39 Å². The molecule has 0 unspecified atom stereocenters. The molecule has 0 radical (unpaired) electrons. The summed E-state index contributed by atoms with van der Waals surface area (Å²) in [6, 6.07) is 29.1. The predicted molar refractivity (Wildman–Crippen MR) is 173 cm³/mol. The molecule has 0 saturated heterocycles. The van der Waals surface area contributed by atoms with Gasteiger partial charge in [-0.2, -0.15) is 0 Å². The van der Waals surface area contributed by atoms with Gasteiger partial charge in [-0.25, -0.2) is 4.39 Å². The molecule has 0 atom stereocenters. The lowest BCUT2D eigenvalue weighted by Gasteiger charge is -2.38. The monoisotopic (exact) mass is 574 g/mol. The SMILES string of the molecule is CSc1ccc(C2(c3ccc(SC)cc3)C=Cc3c4c(c5ccc(F)cc5c3O2)-c2ccc(C)cc2C4(C)C)cc1. The van der Waals surface area contributed by atoms with Crippen LogP contribution in [0.1, 0.15) is 47.2 Å². The second-order valence-electron chi connectivity index (χ2n) is 11.5. The Labute approximate surface area is 249 Å². The van der Waals surface area contributed by atoms with Gasteiger partial charge in [-0.3, -0.25) is 0 Å². The Morgan fingerprint density at radius 3 is 1.98 bits per heavy atom. The Morgan fingerprint density at radius 1 is 0.732 bits per heavy atom. The number of rotatable bonds is 4. The topological polar surface area (TPSA) is 9.23 Å². The summed E-state index contributed by atoms with van der Waals surface area (Å²) in [5.41, 5.74) is 8.21. The third-order valence-electron chi connectivity index (χ3n) is 8.79. The maximum absolute atomic E-state index is 15.0. The van der Waals surface area contributed by atoms with E-state index in [0.29, 0.717) is 0 Å². The third-order valence-corrected chi connectivity index (χ3v) is 10.3. The summed E-state index contributed by atoms with van der Waals surface area (Å²) in [5.74, 6) is 0.472. The lowest BCUT2D eigenvalue weighted by atomic mass is 9.76. The van der Waals surface area contributed by atoms with Crippen LogP contribution >= 0.6 is 23.5 Å². The molecule has 2 aliphatic rings. The Kier molecular flexibility index (Phi) is 6.15. The van der Waals surface area contributed by atoms with Gasteiger partial charge < -0.3 is 4.74 Å². The molecule has 4 heteroatoms. The van der Waals surface area contributed by atoms with E-state index in [-0.39, 0.29) is 11.2 Å². The van der Waals surface area contributed by atoms with E-state index in [4.69, 9.17) is 4.74 Å². The number of halogens is 1. The van der Waals surface area contributed by atoms with Gasteiger partial charge in [-0.1, -0.05) is 74.0 Å². The lowest BCUT2D eigenvalue weighted by Crippen LogP contribution is -2.35. The van der Waals surface area contributed by atoms with Gasteiger partial charge in [-0.15, -0.1) is 23.5 Å². The van der Waals surface area contributed by atoms with Crippen molar-refractivity contribution in [2.45, 2.75) is 41.6 Å². The standard InChI is InChI=1S/C37H31FOS2/c1-22-6-16-29-32(20-22)36(2,3)34-30-18-19-37(23-7-12-26(40-4)13-8-23,24-9-14-27(41-5)15-10-24)39-35(30)31-21-25(38)11-17-28(31)33(29)34/h6-21H,1-5H3. The molecule has 0 spiro atoms. The number of hydrogen-bond acceptors (Lipinski definition) is 3. The summed E-state index contributed by atoms with van der Waals surface area (Å²) < 4.78 is 22.3. The molecule has 0 aromatic heterocycles. The van der Waals surface area contributed by atoms with Gasteiger partial charge in [0.15, 0.2) is 5.60 Å². The fourth-order valence-electron chi connectivity index (χ4n) is 6.73.